The van der Waals surface area contributed by atoms with Gasteiger partial charge in [-0.15, -0.1) is 0 Å². The van der Waals surface area contributed by atoms with Crippen LogP contribution in [0.5, 0.6) is 0 Å². The van der Waals surface area contributed by atoms with Crippen LogP contribution in [0.1, 0.15) is 26.3 Å². The lowest BCUT2D eigenvalue weighted by molar-refractivity contribution is 0.202. The van der Waals surface area contributed by atoms with E-state index in [-0.39, 0.29) is 5.66 Å². The third-order valence-corrected chi connectivity index (χ3v) is 3.09. The first-order valence-corrected chi connectivity index (χ1v) is 5.88. The third kappa shape index (κ3) is 1.90. The first-order chi connectivity index (χ1) is 7.53. The number of benzene rings is 1. The van der Waals surface area contributed by atoms with Crippen molar-refractivity contribution in [3.63, 3.8) is 0 Å². The van der Waals surface area contributed by atoms with Crippen LogP contribution >= 0.6 is 12.2 Å². The van der Waals surface area contributed by atoms with E-state index in [1.165, 1.54) is 5.56 Å². The molecule has 2 N–H and O–H groups in total. The van der Waals surface area contributed by atoms with Crippen molar-refractivity contribution in [2.24, 2.45) is 0 Å². The molecule has 16 heavy (non-hydrogen) atoms. The highest BCUT2D eigenvalue weighted by Crippen LogP contribution is 2.23. The van der Waals surface area contributed by atoms with Crippen LogP contribution in [0.2, 0.25) is 0 Å². The Balaban J connectivity index is 2.27. The standard InChI is InChI=1S/C12H17N3S/c1-9(2)15-11(16)13-12(3,14-15)10-7-5-4-6-8-10/h4-9,14H,1-3H3,(H,13,16). The van der Waals surface area contributed by atoms with Crippen molar-refractivity contribution in [2.45, 2.75) is 32.5 Å². The lowest BCUT2D eigenvalue weighted by Crippen LogP contribution is -2.47. The lowest BCUT2D eigenvalue weighted by Gasteiger charge is -2.27. The van der Waals surface area contributed by atoms with Crippen molar-refractivity contribution in [1.29, 1.82) is 0 Å². The molecule has 1 atom stereocenters. The number of hydrogen-bond donors (Lipinski definition) is 2. The second-order valence-corrected chi connectivity index (χ2v) is 4.88. The average Bonchev–Trinajstić information content (AvgIpc) is 2.57. The zero-order valence-electron chi connectivity index (χ0n) is 9.82. The summed E-state index contributed by atoms with van der Waals surface area (Å²) in [6.07, 6.45) is 0. The molecule has 1 unspecified atom stereocenters. The molecule has 2 rings (SSSR count). The number of hydrogen-bond acceptors (Lipinski definition) is 2. The van der Waals surface area contributed by atoms with Crippen LogP contribution < -0.4 is 10.7 Å². The minimum atomic E-state index is -0.303. The summed E-state index contributed by atoms with van der Waals surface area (Å²) in [5.41, 5.74) is 4.29. The Morgan fingerprint density at radius 2 is 1.88 bits per heavy atom. The van der Waals surface area contributed by atoms with Gasteiger partial charge in [-0.05, 0) is 38.6 Å². The van der Waals surface area contributed by atoms with Gasteiger partial charge in [-0.25, -0.2) is 5.43 Å². The average molecular weight is 235 g/mol. The zero-order valence-corrected chi connectivity index (χ0v) is 10.6. The number of nitrogens with zero attached hydrogens (tertiary/aromatic N) is 1. The normalized spacial score (nSPS) is 25.0. The Kier molecular flexibility index (Phi) is 2.86. The van der Waals surface area contributed by atoms with Crippen molar-refractivity contribution >= 4 is 17.3 Å². The Hall–Kier alpha value is -1.13. The van der Waals surface area contributed by atoms with E-state index in [1.807, 2.05) is 23.2 Å². The van der Waals surface area contributed by atoms with Crippen LogP contribution in [0.4, 0.5) is 0 Å². The molecule has 86 valence electrons. The molecule has 4 heteroatoms. The largest absolute Gasteiger partial charge is 0.338 e. The third-order valence-electron chi connectivity index (χ3n) is 2.79. The Labute approximate surface area is 102 Å². The smallest absolute Gasteiger partial charge is 0.185 e. The molecule has 1 saturated heterocycles. The maximum Gasteiger partial charge on any atom is 0.185 e. The van der Waals surface area contributed by atoms with Crippen LogP contribution in [0.25, 0.3) is 0 Å². The van der Waals surface area contributed by atoms with E-state index in [1.54, 1.807) is 0 Å². The van der Waals surface area contributed by atoms with Crippen LogP contribution in [0.3, 0.4) is 0 Å². The molecule has 0 saturated carbocycles. The summed E-state index contributed by atoms with van der Waals surface area (Å²) >= 11 is 5.32. The van der Waals surface area contributed by atoms with E-state index in [0.29, 0.717) is 6.04 Å². The molecule has 0 amide bonds. The van der Waals surface area contributed by atoms with Gasteiger partial charge in [-0.3, -0.25) is 5.01 Å². The van der Waals surface area contributed by atoms with Gasteiger partial charge < -0.3 is 5.32 Å². The second-order valence-electron chi connectivity index (χ2n) is 4.50. The molecule has 1 aromatic carbocycles. The first kappa shape index (κ1) is 11.4. The number of nitrogens with one attached hydrogen (secondary N) is 2. The summed E-state index contributed by atoms with van der Waals surface area (Å²) in [6.45, 7) is 6.31. The molecule has 0 bridgehead atoms. The monoisotopic (exact) mass is 235 g/mol. The van der Waals surface area contributed by atoms with Gasteiger partial charge >= 0.3 is 0 Å². The molecular formula is C12H17N3S. The van der Waals surface area contributed by atoms with Gasteiger partial charge in [0.15, 0.2) is 5.11 Å². The predicted molar refractivity (Wildman–Crippen MR) is 69.6 cm³/mol. The van der Waals surface area contributed by atoms with Gasteiger partial charge in [-0.1, -0.05) is 30.3 Å². The molecule has 1 aliphatic rings. The van der Waals surface area contributed by atoms with E-state index in [2.05, 4.69) is 43.6 Å². The molecule has 1 fully saturated rings. The summed E-state index contributed by atoms with van der Waals surface area (Å²) in [4.78, 5) is 0. The summed E-state index contributed by atoms with van der Waals surface area (Å²) in [7, 11) is 0. The maximum absolute atomic E-state index is 5.32. The highest BCUT2D eigenvalue weighted by molar-refractivity contribution is 7.80. The summed E-state index contributed by atoms with van der Waals surface area (Å²) in [5, 5.41) is 6.06. The van der Waals surface area contributed by atoms with Crippen molar-refractivity contribution in [3.8, 4) is 0 Å². The van der Waals surface area contributed by atoms with E-state index in [4.69, 9.17) is 12.2 Å². The zero-order chi connectivity index (χ0) is 11.8. The van der Waals surface area contributed by atoms with Gasteiger partial charge in [0.05, 0.1) is 0 Å². The second kappa shape index (κ2) is 4.03. The molecule has 1 aromatic rings. The quantitative estimate of drug-likeness (QED) is 0.766. The van der Waals surface area contributed by atoms with Crippen molar-refractivity contribution in [2.75, 3.05) is 0 Å². The van der Waals surface area contributed by atoms with Gasteiger partial charge in [0.1, 0.15) is 5.66 Å². The van der Waals surface area contributed by atoms with Gasteiger partial charge in [0, 0.05) is 6.04 Å². The Morgan fingerprint density at radius 3 is 2.38 bits per heavy atom. The van der Waals surface area contributed by atoms with E-state index in [9.17, 15) is 0 Å². The van der Waals surface area contributed by atoms with Gasteiger partial charge in [0.25, 0.3) is 0 Å². The van der Waals surface area contributed by atoms with Crippen molar-refractivity contribution < 1.29 is 0 Å². The summed E-state index contributed by atoms with van der Waals surface area (Å²) in [6, 6.07) is 10.6. The molecular weight excluding hydrogens is 218 g/mol. The van der Waals surface area contributed by atoms with Gasteiger partial charge in [-0.2, -0.15) is 0 Å². The molecule has 1 aliphatic heterocycles. The number of thiocarbonyl (C=S) groups is 1. The van der Waals surface area contributed by atoms with Crippen molar-refractivity contribution in [3.05, 3.63) is 35.9 Å². The van der Waals surface area contributed by atoms with Crippen LogP contribution in [0, 0.1) is 0 Å². The van der Waals surface area contributed by atoms with E-state index in [0.717, 1.165) is 5.11 Å². The fourth-order valence-corrected chi connectivity index (χ4v) is 2.33. The van der Waals surface area contributed by atoms with Crippen LogP contribution in [-0.2, 0) is 5.66 Å². The number of hydrazine groups is 1. The molecule has 0 aromatic heterocycles. The molecule has 1 heterocycles. The van der Waals surface area contributed by atoms with Crippen LogP contribution in [-0.4, -0.2) is 16.2 Å². The molecule has 0 radical (unpaired) electrons. The minimum absolute atomic E-state index is 0.303. The summed E-state index contributed by atoms with van der Waals surface area (Å²) < 4.78 is 0. The fraction of sp³-hybridized carbons (Fsp3) is 0.417. The van der Waals surface area contributed by atoms with Gasteiger partial charge in [0.2, 0.25) is 0 Å². The molecule has 3 nitrogen and oxygen atoms in total. The highest BCUT2D eigenvalue weighted by Gasteiger charge is 2.38. The Bertz CT molecular complexity index is 391. The summed E-state index contributed by atoms with van der Waals surface area (Å²) in [5.74, 6) is 0. The Morgan fingerprint density at radius 1 is 1.25 bits per heavy atom. The van der Waals surface area contributed by atoms with E-state index >= 15 is 0 Å². The topological polar surface area (TPSA) is 27.3 Å². The van der Waals surface area contributed by atoms with Crippen molar-refractivity contribution in [1.82, 2.24) is 15.8 Å². The molecule has 0 spiro atoms. The van der Waals surface area contributed by atoms with E-state index < -0.39 is 0 Å². The number of rotatable bonds is 2. The maximum atomic E-state index is 5.32. The lowest BCUT2D eigenvalue weighted by atomic mass is 10.0. The SMILES string of the molecule is CC(C)N1NC(C)(c2ccccc2)NC1=S. The first-order valence-electron chi connectivity index (χ1n) is 5.47. The minimum Gasteiger partial charge on any atom is -0.338 e. The predicted octanol–water partition coefficient (Wildman–Crippen LogP) is 1.96. The highest BCUT2D eigenvalue weighted by atomic mass is 32.1. The molecule has 0 aliphatic carbocycles. The fourth-order valence-electron chi connectivity index (χ4n) is 1.87. The van der Waals surface area contributed by atoms with Crippen LogP contribution in [0.15, 0.2) is 30.3 Å².